The summed E-state index contributed by atoms with van der Waals surface area (Å²) in [5.74, 6) is 1.68. The molecule has 2 aromatic heterocycles. The molecule has 2 rings (SSSR count). The Morgan fingerprint density at radius 1 is 1.59 bits per heavy atom. The van der Waals surface area contributed by atoms with E-state index in [1.165, 1.54) is 13.4 Å². The van der Waals surface area contributed by atoms with Crippen LogP contribution < -0.4 is 11.4 Å². The molecule has 11 heteroatoms. The number of fused-ring (bicyclic) bond motifs is 1. The highest BCUT2D eigenvalue weighted by atomic mass is 127. The van der Waals surface area contributed by atoms with Crippen LogP contribution in [0.1, 0.15) is 5.69 Å². The van der Waals surface area contributed by atoms with E-state index >= 15 is 0 Å². The first kappa shape index (κ1) is 17.6. The van der Waals surface area contributed by atoms with E-state index in [9.17, 15) is 9.59 Å². The lowest BCUT2D eigenvalue weighted by Crippen LogP contribution is -2.30. The molecule has 0 aliphatic heterocycles. The van der Waals surface area contributed by atoms with Gasteiger partial charge >= 0.3 is 11.7 Å². The number of carbonyl (C=O) groups excluding carboxylic acids is 1. The average Bonchev–Trinajstić information content (AvgIpc) is 2.92. The SMILES string of the molecule is C#CCn1nnc2c(C(N)=NCC(=O)OC)ncn2c1=O.I. The summed E-state index contributed by atoms with van der Waals surface area (Å²) < 4.78 is 6.58. The zero-order valence-corrected chi connectivity index (χ0v) is 13.8. The summed E-state index contributed by atoms with van der Waals surface area (Å²) in [7, 11) is 1.24. The van der Waals surface area contributed by atoms with E-state index in [4.69, 9.17) is 12.2 Å². The van der Waals surface area contributed by atoms with Gasteiger partial charge in [0.2, 0.25) is 0 Å². The highest BCUT2D eigenvalue weighted by Crippen LogP contribution is 2.02. The fourth-order valence-electron chi connectivity index (χ4n) is 1.49. The molecule has 116 valence electrons. The minimum Gasteiger partial charge on any atom is -0.468 e. The molecular weight excluding hydrogens is 405 g/mol. The van der Waals surface area contributed by atoms with Crippen molar-refractivity contribution in [2.75, 3.05) is 13.7 Å². The first-order valence-corrected chi connectivity index (χ1v) is 5.70. The first-order chi connectivity index (χ1) is 10.1. The van der Waals surface area contributed by atoms with E-state index in [-0.39, 0.29) is 54.2 Å². The molecule has 0 spiro atoms. The lowest BCUT2D eigenvalue weighted by atomic mass is 10.4. The minimum absolute atomic E-state index is 0. The van der Waals surface area contributed by atoms with Crippen LogP contribution in [0.2, 0.25) is 0 Å². The summed E-state index contributed by atoms with van der Waals surface area (Å²) in [5, 5.41) is 7.50. The zero-order chi connectivity index (χ0) is 15.4. The largest absolute Gasteiger partial charge is 0.468 e. The van der Waals surface area contributed by atoms with Gasteiger partial charge in [-0.3, -0.25) is 9.79 Å². The molecule has 2 aromatic rings. The summed E-state index contributed by atoms with van der Waals surface area (Å²) in [6.45, 7) is -0.274. The predicted octanol–water partition coefficient (Wildman–Crippen LogP) is -1.58. The number of ether oxygens (including phenoxy) is 1. The van der Waals surface area contributed by atoms with Gasteiger partial charge in [-0.25, -0.2) is 14.2 Å². The summed E-state index contributed by atoms with van der Waals surface area (Å²) in [4.78, 5) is 30.8. The van der Waals surface area contributed by atoms with Crippen molar-refractivity contribution in [3.05, 3.63) is 22.5 Å². The van der Waals surface area contributed by atoms with Gasteiger partial charge in [-0.15, -0.1) is 35.5 Å². The fourth-order valence-corrected chi connectivity index (χ4v) is 1.49. The number of hydrogen-bond acceptors (Lipinski definition) is 7. The van der Waals surface area contributed by atoms with Gasteiger partial charge in [0.15, 0.2) is 11.3 Å². The van der Waals surface area contributed by atoms with E-state index in [2.05, 4.69) is 30.9 Å². The number of hydrogen-bond donors (Lipinski definition) is 1. The Morgan fingerprint density at radius 3 is 2.95 bits per heavy atom. The van der Waals surface area contributed by atoms with Crippen molar-refractivity contribution in [1.82, 2.24) is 24.4 Å². The molecular formula is C11H12IN7O3. The highest BCUT2D eigenvalue weighted by Gasteiger charge is 2.14. The molecule has 0 radical (unpaired) electrons. The number of nitrogens with zero attached hydrogens (tertiary/aromatic N) is 6. The van der Waals surface area contributed by atoms with E-state index in [0.29, 0.717) is 0 Å². The van der Waals surface area contributed by atoms with E-state index < -0.39 is 11.7 Å². The van der Waals surface area contributed by atoms with Crippen LogP contribution in [0.5, 0.6) is 0 Å². The van der Waals surface area contributed by atoms with Crippen molar-refractivity contribution >= 4 is 41.4 Å². The molecule has 0 saturated heterocycles. The van der Waals surface area contributed by atoms with Crippen molar-refractivity contribution in [2.24, 2.45) is 10.7 Å². The first-order valence-electron chi connectivity index (χ1n) is 5.70. The molecule has 0 unspecified atom stereocenters. The van der Waals surface area contributed by atoms with Crippen LogP contribution in [-0.4, -0.2) is 49.8 Å². The Balaban J connectivity index is 0.00000242. The van der Waals surface area contributed by atoms with Crippen LogP contribution in [0.3, 0.4) is 0 Å². The standard InChI is InChI=1S/C11H11N7O3.HI/c1-3-4-18-11(20)17-6-14-8(10(17)15-16-18)9(12)13-5-7(19)21-2;/h1,6H,4-5H2,2H3,(H2,12,13);1H. The van der Waals surface area contributed by atoms with E-state index in [0.717, 1.165) is 9.08 Å². The lowest BCUT2D eigenvalue weighted by Gasteiger charge is -2.00. The molecule has 0 amide bonds. The molecule has 0 atom stereocenters. The third kappa shape index (κ3) is 3.39. The van der Waals surface area contributed by atoms with Crippen molar-refractivity contribution in [3.63, 3.8) is 0 Å². The number of rotatable bonds is 4. The number of carbonyl (C=O) groups is 1. The molecule has 22 heavy (non-hydrogen) atoms. The predicted molar refractivity (Wildman–Crippen MR) is 86.9 cm³/mol. The number of esters is 1. The summed E-state index contributed by atoms with van der Waals surface area (Å²) in [6.07, 6.45) is 6.35. The van der Waals surface area contributed by atoms with Gasteiger partial charge in [0, 0.05) is 0 Å². The van der Waals surface area contributed by atoms with Gasteiger partial charge in [0.25, 0.3) is 0 Å². The van der Waals surface area contributed by atoms with Crippen molar-refractivity contribution in [1.29, 1.82) is 0 Å². The molecule has 10 nitrogen and oxygen atoms in total. The third-order valence-corrected chi connectivity index (χ3v) is 2.51. The molecule has 0 fully saturated rings. The highest BCUT2D eigenvalue weighted by molar-refractivity contribution is 14.0. The van der Waals surface area contributed by atoms with Crippen LogP contribution in [-0.2, 0) is 16.1 Å². The van der Waals surface area contributed by atoms with Gasteiger partial charge in [-0.1, -0.05) is 11.1 Å². The Kier molecular flexibility index (Phi) is 5.99. The Bertz CT molecular complexity index is 817. The number of halogens is 1. The van der Waals surface area contributed by atoms with Crippen LogP contribution >= 0.6 is 24.0 Å². The van der Waals surface area contributed by atoms with Crippen LogP contribution in [0.15, 0.2) is 16.1 Å². The van der Waals surface area contributed by atoms with Gasteiger partial charge in [-0.05, 0) is 0 Å². The van der Waals surface area contributed by atoms with Gasteiger partial charge in [0.1, 0.15) is 25.3 Å². The molecule has 0 aliphatic rings. The quantitative estimate of drug-likeness (QED) is 0.209. The Hall–Kier alpha value is -2.49. The number of terminal acetylenes is 1. The van der Waals surface area contributed by atoms with E-state index in [1.54, 1.807) is 0 Å². The van der Waals surface area contributed by atoms with Crippen molar-refractivity contribution in [2.45, 2.75) is 6.54 Å². The van der Waals surface area contributed by atoms with Gasteiger partial charge in [-0.2, -0.15) is 4.68 Å². The number of nitrogens with two attached hydrogens (primary N) is 1. The average molecular weight is 417 g/mol. The molecule has 2 heterocycles. The zero-order valence-electron chi connectivity index (χ0n) is 11.5. The van der Waals surface area contributed by atoms with Crippen molar-refractivity contribution in [3.8, 4) is 12.3 Å². The van der Waals surface area contributed by atoms with Crippen LogP contribution in [0.25, 0.3) is 5.65 Å². The molecule has 0 bridgehead atoms. The topological polar surface area (TPSA) is 130 Å². The number of imidazole rings is 1. The molecule has 0 aromatic carbocycles. The fraction of sp³-hybridized carbons (Fsp3) is 0.273. The second-order valence-electron chi connectivity index (χ2n) is 3.80. The lowest BCUT2D eigenvalue weighted by molar-refractivity contribution is -0.138. The number of amidine groups is 1. The summed E-state index contributed by atoms with van der Waals surface area (Å²) in [5.41, 5.74) is 5.48. The maximum Gasteiger partial charge on any atom is 0.353 e. The number of methoxy groups -OCH3 is 1. The second kappa shape index (κ2) is 7.50. The smallest absolute Gasteiger partial charge is 0.353 e. The maximum atomic E-state index is 12.0. The Labute approximate surface area is 141 Å². The maximum absolute atomic E-state index is 12.0. The normalized spacial score (nSPS) is 10.8. The van der Waals surface area contributed by atoms with Gasteiger partial charge in [0.05, 0.1) is 7.11 Å². The minimum atomic E-state index is -0.552. The monoisotopic (exact) mass is 417 g/mol. The molecule has 0 saturated carbocycles. The third-order valence-electron chi connectivity index (χ3n) is 2.51. The Morgan fingerprint density at radius 2 is 2.32 bits per heavy atom. The number of aromatic nitrogens is 5. The molecule has 0 aliphatic carbocycles. The number of aliphatic imine (C=N–C) groups is 1. The molecule has 2 N–H and O–H groups in total. The second-order valence-corrected chi connectivity index (χ2v) is 3.80. The van der Waals surface area contributed by atoms with E-state index in [1.807, 2.05) is 0 Å². The van der Waals surface area contributed by atoms with Crippen LogP contribution in [0, 0.1) is 12.3 Å². The summed E-state index contributed by atoms with van der Waals surface area (Å²) in [6, 6.07) is 0. The summed E-state index contributed by atoms with van der Waals surface area (Å²) >= 11 is 0. The van der Waals surface area contributed by atoms with Gasteiger partial charge < -0.3 is 10.5 Å². The van der Waals surface area contributed by atoms with Crippen molar-refractivity contribution < 1.29 is 9.53 Å². The van der Waals surface area contributed by atoms with Crippen LogP contribution in [0.4, 0.5) is 0 Å².